The zero-order chi connectivity index (χ0) is 17.9. The van der Waals surface area contributed by atoms with Crippen molar-refractivity contribution in [3.05, 3.63) is 90.1 Å². The van der Waals surface area contributed by atoms with E-state index in [9.17, 15) is 4.79 Å². The second-order valence-electron chi connectivity index (χ2n) is 6.06. The molecule has 0 aliphatic carbocycles. The Morgan fingerprint density at radius 1 is 0.923 bits per heavy atom. The van der Waals surface area contributed by atoms with Crippen LogP contribution < -0.4 is 5.32 Å². The van der Waals surface area contributed by atoms with Crippen LogP contribution in [0.5, 0.6) is 0 Å². The Morgan fingerprint density at radius 2 is 1.69 bits per heavy atom. The van der Waals surface area contributed by atoms with Crippen LogP contribution in [0.3, 0.4) is 0 Å². The molecule has 2 aromatic carbocycles. The summed E-state index contributed by atoms with van der Waals surface area (Å²) in [7, 11) is 0. The molecule has 2 aromatic heterocycles. The molecule has 126 valence electrons. The Balaban J connectivity index is 1.85. The summed E-state index contributed by atoms with van der Waals surface area (Å²) >= 11 is 0. The number of amides is 1. The van der Waals surface area contributed by atoms with E-state index in [0.717, 1.165) is 27.7 Å². The van der Waals surface area contributed by atoms with Gasteiger partial charge >= 0.3 is 0 Å². The molecular weight excluding hydrogens is 322 g/mol. The van der Waals surface area contributed by atoms with Crippen molar-refractivity contribution in [1.29, 1.82) is 0 Å². The van der Waals surface area contributed by atoms with Crippen LogP contribution in [0, 0.1) is 6.92 Å². The molecule has 4 heteroatoms. The molecule has 0 aliphatic heterocycles. The number of carbonyl (C=O) groups is 1. The Kier molecular flexibility index (Phi) is 4.15. The number of pyridine rings is 2. The fraction of sp³-hybridized carbons (Fsp3) is 0.0455. The van der Waals surface area contributed by atoms with Gasteiger partial charge in [0.2, 0.25) is 0 Å². The van der Waals surface area contributed by atoms with E-state index in [1.165, 1.54) is 0 Å². The van der Waals surface area contributed by atoms with Crippen molar-refractivity contribution in [1.82, 2.24) is 9.97 Å². The summed E-state index contributed by atoms with van der Waals surface area (Å²) in [6.45, 7) is 2.04. The van der Waals surface area contributed by atoms with Gasteiger partial charge in [-0.05, 0) is 36.8 Å². The first kappa shape index (κ1) is 16.0. The largest absolute Gasteiger partial charge is 0.307 e. The van der Waals surface area contributed by atoms with E-state index in [0.29, 0.717) is 11.4 Å². The van der Waals surface area contributed by atoms with Gasteiger partial charge in [0.15, 0.2) is 0 Å². The number of hydrogen-bond donors (Lipinski definition) is 1. The van der Waals surface area contributed by atoms with Crippen LogP contribution in [-0.2, 0) is 0 Å². The van der Waals surface area contributed by atoms with Crippen molar-refractivity contribution < 1.29 is 4.79 Å². The first-order valence-electron chi connectivity index (χ1n) is 8.40. The van der Waals surface area contributed by atoms with Crippen LogP contribution in [0.4, 0.5) is 5.82 Å². The van der Waals surface area contributed by atoms with Crippen molar-refractivity contribution >= 4 is 22.6 Å². The molecular formula is C22H17N3O. The summed E-state index contributed by atoms with van der Waals surface area (Å²) in [5.41, 5.74) is 4.29. The highest BCUT2D eigenvalue weighted by Crippen LogP contribution is 2.27. The lowest BCUT2D eigenvalue weighted by Gasteiger charge is -2.11. The summed E-state index contributed by atoms with van der Waals surface area (Å²) in [6.07, 6.45) is 1.65. The fourth-order valence-electron chi connectivity index (χ4n) is 2.98. The SMILES string of the molecule is Cc1ccccc1-c1cc(C(=O)Nc2ccccn2)c2ccccc2n1. The summed E-state index contributed by atoms with van der Waals surface area (Å²) in [5.74, 6) is 0.327. The van der Waals surface area contributed by atoms with Gasteiger partial charge in [0, 0.05) is 17.1 Å². The zero-order valence-electron chi connectivity index (χ0n) is 14.3. The van der Waals surface area contributed by atoms with Crippen LogP contribution in [-0.4, -0.2) is 15.9 Å². The van der Waals surface area contributed by atoms with Crippen LogP contribution in [0.2, 0.25) is 0 Å². The molecule has 0 saturated carbocycles. The first-order valence-corrected chi connectivity index (χ1v) is 8.40. The maximum absolute atomic E-state index is 12.9. The molecule has 0 aliphatic rings. The van der Waals surface area contributed by atoms with Crippen LogP contribution >= 0.6 is 0 Å². The van der Waals surface area contributed by atoms with E-state index in [1.807, 2.05) is 73.7 Å². The average Bonchev–Trinajstić information content (AvgIpc) is 2.68. The molecule has 0 atom stereocenters. The van der Waals surface area contributed by atoms with Gasteiger partial charge in [-0.15, -0.1) is 0 Å². The minimum absolute atomic E-state index is 0.197. The number of rotatable bonds is 3. The van der Waals surface area contributed by atoms with Crippen molar-refractivity contribution in [3.63, 3.8) is 0 Å². The third kappa shape index (κ3) is 3.05. The third-order valence-electron chi connectivity index (χ3n) is 4.29. The van der Waals surface area contributed by atoms with E-state index >= 15 is 0 Å². The van der Waals surface area contributed by atoms with Gasteiger partial charge in [-0.2, -0.15) is 0 Å². The summed E-state index contributed by atoms with van der Waals surface area (Å²) in [6, 6.07) is 23.0. The number of aromatic nitrogens is 2. The van der Waals surface area contributed by atoms with Crippen molar-refractivity contribution in [3.8, 4) is 11.3 Å². The minimum atomic E-state index is -0.197. The topological polar surface area (TPSA) is 54.9 Å². The van der Waals surface area contributed by atoms with Gasteiger partial charge < -0.3 is 5.32 Å². The highest BCUT2D eigenvalue weighted by atomic mass is 16.1. The third-order valence-corrected chi connectivity index (χ3v) is 4.29. The number of carbonyl (C=O) groups excluding carboxylic acids is 1. The number of aryl methyl sites for hydroxylation is 1. The Morgan fingerprint density at radius 3 is 2.50 bits per heavy atom. The van der Waals surface area contributed by atoms with Crippen LogP contribution in [0.15, 0.2) is 79.0 Å². The molecule has 0 unspecified atom stereocenters. The molecule has 0 bridgehead atoms. The molecule has 1 amide bonds. The Hall–Kier alpha value is -3.53. The van der Waals surface area contributed by atoms with E-state index in [-0.39, 0.29) is 5.91 Å². The van der Waals surface area contributed by atoms with Crippen LogP contribution in [0.1, 0.15) is 15.9 Å². The van der Waals surface area contributed by atoms with Gasteiger partial charge in [0.1, 0.15) is 5.82 Å². The zero-order valence-corrected chi connectivity index (χ0v) is 14.3. The molecule has 4 nitrogen and oxygen atoms in total. The van der Waals surface area contributed by atoms with Crippen LogP contribution in [0.25, 0.3) is 22.2 Å². The number of benzene rings is 2. The number of anilines is 1. The predicted octanol–water partition coefficient (Wildman–Crippen LogP) is 4.86. The summed E-state index contributed by atoms with van der Waals surface area (Å²) < 4.78 is 0. The molecule has 4 rings (SSSR count). The molecule has 4 aromatic rings. The maximum atomic E-state index is 12.9. The maximum Gasteiger partial charge on any atom is 0.257 e. The smallest absolute Gasteiger partial charge is 0.257 e. The lowest BCUT2D eigenvalue weighted by Crippen LogP contribution is -2.14. The highest BCUT2D eigenvalue weighted by molar-refractivity contribution is 6.12. The quantitative estimate of drug-likeness (QED) is 0.580. The lowest BCUT2D eigenvalue weighted by atomic mass is 10.0. The number of para-hydroxylation sites is 1. The molecule has 0 fully saturated rings. The number of hydrogen-bond acceptors (Lipinski definition) is 3. The van der Waals surface area contributed by atoms with E-state index in [2.05, 4.69) is 10.3 Å². The van der Waals surface area contributed by atoms with Crippen molar-refractivity contribution in [2.75, 3.05) is 5.32 Å². The van der Waals surface area contributed by atoms with Gasteiger partial charge in [-0.25, -0.2) is 9.97 Å². The van der Waals surface area contributed by atoms with Gasteiger partial charge in [0.25, 0.3) is 5.91 Å². The van der Waals surface area contributed by atoms with E-state index < -0.39 is 0 Å². The van der Waals surface area contributed by atoms with E-state index in [1.54, 1.807) is 12.3 Å². The second kappa shape index (κ2) is 6.76. The van der Waals surface area contributed by atoms with Gasteiger partial charge in [-0.3, -0.25) is 4.79 Å². The molecule has 0 radical (unpaired) electrons. The minimum Gasteiger partial charge on any atom is -0.307 e. The number of fused-ring (bicyclic) bond motifs is 1. The second-order valence-corrected chi connectivity index (χ2v) is 6.06. The monoisotopic (exact) mass is 339 g/mol. The van der Waals surface area contributed by atoms with E-state index in [4.69, 9.17) is 4.98 Å². The molecule has 26 heavy (non-hydrogen) atoms. The predicted molar refractivity (Wildman–Crippen MR) is 104 cm³/mol. The normalized spacial score (nSPS) is 10.7. The van der Waals surface area contributed by atoms with Crippen molar-refractivity contribution in [2.45, 2.75) is 6.92 Å². The molecule has 2 heterocycles. The highest BCUT2D eigenvalue weighted by Gasteiger charge is 2.15. The van der Waals surface area contributed by atoms with Gasteiger partial charge in [-0.1, -0.05) is 48.5 Å². The fourth-order valence-corrected chi connectivity index (χ4v) is 2.98. The lowest BCUT2D eigenvalue weighted by molar-refractivity contribution is 0.102. The number of nitrogens with one attached hydrogen (secondary N) is 1. The summed E-state index contributed by atoms with van der Waals surface area (Å²) in [4.78, 5) is 21.8. The Labute approximate surface area is 151 Å². The molecule has 0 spiro atoms. The summed E-state index contributed by atoms with van der Waals surface area (Å²) in [5, 5.41) is 3.68. The average molecular weight is 339 g/mol. The molecule has 1 N–H and O–H groups in total. The van der Waals surface area contributed by atoms with Crippen molar-refractivity contribution in [2.24, 2.45) is 0 Å². The van der Waals surface area contributed by atoms with Gasteiger partial charge in [0.05, 0.1) is 16.8 Å². The molecule has 0 saturated heterocycles. The standard InChI is InChI=1S/C22H17N3O/c1-15-8-2-3-9-16(15)20-14-18(17-10-4-5-11-19(17)24-20)22(26)25-21-12-6-7-13-23-21/h2-14H,1H3,(H,23,25,26). The first-order chi connectivity index (χ1) is 12.7. The number of nitrogens with zero attached hydrogens (tertiary/aromatic N) is 2. The Bertz CT molecular complexity index is 1090.